The maximum absolute atomic E-state index is 5.59. The van der Waals surface area contributed by atoms with E-state index in [0.29, 0.717) is 13.2 Å². The maximum Gasteiger partial charge on any atom is 0.175 e. The van der Waals surface area contributed by atoms with Gasteiger partial charge >= 0.3 is 0 Å². The summed E-state index contributed by atoms with van der Waals surface area (Å²) in [5.41, 5.74) is 3.11. The molecule has 0 aliphatic carbocycles. The van der Waals surface area contributed by atoms with Crippen molar-refractivity contribution < 1.29 is 9.47 Å². The number of benzene rings is 1. The number of rotatable bonds is 6. The minimum absolute atomic E-state index is 0.599. The van der Waals surface area contributed by atoms with Gasteiger partial charge in [-0.3, -0.25) is 4.98 Å². The Balaban J connectivity index is 2.17. The van der Waals surface area contributed by atoms with Gasteiger partial charge in [-0.25, -0.2) is 0 Å². The molecule has 4 nitrogen and oxygen atoms in total. The summed E-state index contributed by atoms with van der Waals surface area (Å²) >= 11 is 3.54. The molecule has 1 aromatic heterocycles. The molecule has 21 heavy (non-hydrogen) atoms. The smallest absolute Gasteiger partial charge is 0.175 e. The van der Waals surface area contributed by atoms with E-state index in [4.69, 9.17) is 9.47 Å². The van der Waals surface area contributed by atoms with Crippen LogP contribution >= 0.6 is 15.9 Å². The summed E-state index contributed by atoms with van der Waals surface area (Å²) in [6.07, 6.45) is 1.79. The van der Waals surface area contributed by atoms with Crippen molar-refractivity contribution in [1.29, 1.82) is 0 Å². The predicted octanol–water partition coefficient (Wildman–Crippen LogP) is 4.17. The van der Waals surface area contributed by atoms with Crippen LogP contribution in [0.3, 0.4) is 0 Å². The molecule has 5 heteroatoms. The van der Waals surface area contributed by atoms with Crippen LogP contribution < -0.4 is 14.8 Å². The van der Waals surface area contributed by atoms with Crippen molar-refractivity contribution in [3.05, 3.63) is 46.2 Å². The molecule has 1 N–H and O–H groups in total. The summed E-state index contributed by atoms with van der Waals surface area (Å²) in [4.78, 5) is 4.26. The summed E-state index contributed by atoms with van der Waals surface area (Å²) in [6.45, 7) is 5.22. The summed E-state index contributed by atoms with van der Waals surface area (Å²) < 4.78 is 11.9. The fourth-order valence-electron chi connectivity index (χ4n) is 2.03. The van der Waals surface area contributed by atoms with Crippen LogP contribution in [0, 0.1) is 6.92 Å². The highest BCUT2D eigenvalue weighted by molar-refractivity contribution is 9.10. The average molecular weight is 351 g/mol. The number of hydrogen-bond acceptors (Lipinski definition) is 4. The highest BCUT2D eigenvalue weighted by Gasteiger charge is 2.11. The van der Waals surface area contributed by atoms with Crippen molar-refractivity contribution in [2.45, 2.75) is 20.4 Å². The van der Waals surface area contributed by atoms with Gasteiger partial charge in [0.05, 0.1) is 29.6 Å². The Bertz CT molecular complexity index is 617. The Labute approximate surface area is 133 Å². The first kappa shape index (κ1) is 15.6. The second kappa shape index (κ2) is 7.31. The van der Waals surface area contributed by atoms with Crippen molar-refractivity contribution in [2.24, 2.45) is 0 Å². The van der Waals surface area contributed by atoms with Gasteiger partial charge in [0.2, 0.25) is 0 Å². The quantitative estimate of drug-likeness (QED) is 0.848. The van der Waals surface area contributed by atoms with E-state index < -0.39 is 0 Å². The third kappa shape index (κ3) is 3.88. The van der Waals surface area contributed by atoms with Crippen LogP contribution in [0.4, 0.5) is 5.69 Å². The lowest BCUT2D eigenvalue weighted by atomic mass is 10.2. The van der Waals surface area contributed by atoms with Gasteiger partial charge in [0, 0.05) is 12.7 Å². The summed E-state index contributed by atoms with van der Waals surface area (Å²) in [5, 5.41) is 3.38. The first-order valence-electron chi connectivity index (χ1n) is 6.80. The summed E-state index contributed by atoms with van der Waals surface area (Å²) in [7, 11) is 1.65. The number of pyridine rings is 1. The molecule has 0 unspecified atom stereocenters. The van der Waals surface area contributed by atoms with Gasteiger partial charge in [-0.1, -0.05) is 0 Å². The minimum atomic E-state index is 0.599. The predicted molar refractivity (Wildman–Crippen MR) is 88.2 cm³/mol. The molecule has 2 rings (SSSR count). The summed E-state index contributed by atoms with van der Waals surface area (Å²) in [6, 6.07) is 7.95. The van der Waals surface area contributed by atoms with Crippen LogP contribution in [0.5, 0.6) is 11.5 Å². The molecule has 0 aliphatic rings. The number of nitrogens with one attached hydrogen (secondary N) is 1. The van der Waals surface area contributed by atoms with E-state index in [1.54, 1.807) is 13.3 Å². The van der Waals surface area contributed by atoms with Gasteiger partial charge in [0.25, 0.3) is 0 Å². The molecule has 0 amide bonds. The molecular formula is C16H19BrN2O2. The third-order valence-electron chi connectivity index (χ3n) is 3.07. The number of hydrogen-bond donors (Lipinski definition) is 1. The molecule has 2 aromatic rings. The molecule has 0 fully saturated rings. The van der Waals surface area contributed by atoms with E-state index in [2.05, 4.69) is 26.2 Å². The van der Waals surface area contributed by atoms with Crippen molar-refractivity contribution in [3.63, 3.8) is 0 Å². The topological polar surface area (TPSA) is 43.4 Å². The number of nitrogens with zero attached hydrogens (tertiary/aromatic N) is 1. The van der Waals surface area contributed by atoms with E-state index >= 15 is 0 Å². The van der Waals surface area contributed by atoms with E-state index in [1.807, 2.05) is 38.1 Å². The molecule has 0 bridgehead atoms. The van der Waals surface area contributed by atoms with Crippen LogP contribution in [0.25, 0.3) is 0 Å². The number of ether oxygens (including phenoxy) is 2. The van der Waals surface area contributed by atoms with Gasteiger partial charge in [0.1, 0.15) is 0 Å². The maximum atomic E-state index is 5.59. The highest BCUT2D eigenvalue weighted by Crippen LogP contribution is 2.36. The third-order valence-corrected chi connectivity index (χ3v) is 3.66. The number of aryl methyl sites for hydroxylation is 1. The molecule has 1 aromatic carbocycles. The molecule has 0 aliphatic heterocycles. The number of anilines is 1. The fourth-order valence-corrected chi connectivity index (χ4v) is 2.63. The number of aromatic nitrogens is 1. The number of methoxy groups -OCH3 is 1. The van der Waals surface area contributed by atoms with E-state index in [-0.39, 0.29) is 0 Å². The molecule has 0 radical (unpaired) electrons. The van der Waals surface area contributed by atoms with Gasteiger partial charge in [-0.05, 0) is 59.6 Å². The van der Waals surface area contributed by atoms with Crippen LogP contribution in [-0.2, 0) is 6.54 Å². The fraction of sp³-hybridized carbons (Fsp3) is 0.312. The zero-order valence-electron chi connectivity index (χ0n) is 12.4. The lowest BCUT2D eigenvalue weighted by Gasteiger charge is -2.14. The van der Waals surface area contributed by atoms with Crippen LogP contribution in [-0.4, -0.2) is 18.7 Å². The molecular weight excluding hydrogens is 332 g/mol. The van der Waals surface area contributed by atoms with Crippen molar-refractivity contribution >= 4 is 21.6 Å². The zero-order chi connectivity index (χ0) is 15.2. The van der Waals surface area contributed by atoms with Crippen LogP contribution in [0.15, 0.2) is 34.9 Å². The lowest BCUT2D eigenvalue weighted by Crippen LogP contribution is -2.03. The standard InChI is InChI=1S/C16H19BrN2O2/c1-4-21-16-13(17)8-12(9-15(16)20-3)10-19-14-6-5-7-18-11(14)2/h5-9,19H,4,10H2,1-3H3. The summed E-state index contributed by atoms with van der Waals surface area (Å²) in [5.74, 6) is 1.47. The first-order valence-corrected chi connectivity index (χ1v) is 7.59. The molecule has 0 spiro atoms. The Kier molecular flexibility index (Phi) is 5.44. The van der Waals surface area contributed by atoms with E-state index in [1.165, 1.54) is 0 Å². The Morgan fingerprint density at radius 1 is 1.33 bits per heavy atom. The van der Waals surface area contributed by atoms with Gasteiger partial charge in [-0.15, -0.1) is 0 Å². The minimum Gasteiger partial charge on any atom is -0.493 e. The SMILES string of the molecule is CCOc1c(Br)cc(CNc2cccnc2C)cc1OC. The second-order valence-corrected chi connectivity index (χ2v) is 5.39. The van der Waals surface area contributed by atoms with Crippen LogP contribution in [0.2, 0.25) is 0 Å². The molecule has 1 heterocycles. The lowest BCUT2D eigenvalue weighted by molar-refractivity contribution is 0.308. The van der Waals surface area contributed by atoms with Gasteiger partial charge in [-0.2, -0.15) is 0 Å². The Morgan fingerprint density at radius 2 is 2.14 bits per heavy atom. The van der Waals surface area contributed by atoms with Gasteiger partial charge in [0.15, 0.2) is 11.5 Å². The normalized spacial score (nSPS) is 10.3. The largest absolute Gasteiger partial charge is 0.493 e. The molecule has 0 saturated carbocycles. The zero-order valence-corrected chi connectivity index (χ0v) is 14.0. The highest BCUT2D eigenvalue weighted by atomic mass is 79.9. The molecule has 112 valence electrons. The van der Waals surface area contributed by atoms with Crippen LogP contribution in [0.1, 0.15) is 18.2 Å². The molecule has 0 atom stereocenters. The van der Waals surface area contributed by atoms with Crippen molar-refractivity contribution in [2.75, 3.05) is 19.0 Å². The monoisotopic (exact) mass is 350 g/mol. The second-order valence-electron chi connectivity index (χ2n) is 4.53. The Morgan fingerprint density at radius 3 is 2.81 bits per heavy atom. The van der Waals surface area contributed by atoms with E-state index in [0.717, 1.165) is 32.9 Å². The first-order chi connectivity index (χ1) is 10.2. The van der Waals surface area contributed by atoms with Crippen molar-refractivity contribution in [1.82, 2.24) is 4.98 Å². The van der Waals surface area contributed by atoms with Crippen molar-refractivity contribution in [3.8, 4) is 11.5 Å². The van der Waals surface area contributed by atoms with E-state index in [9.17, 15) is 0 Å². The molecule has 0 saturated heterocycles. The Hall–Kier alpha value is -1.75. The van der Waals surface area contributed by atoms with Gasteiger partial charge < -0.3 is 14.8 Å². The number of halogens is 1. The average Bonchev–Trinajstić information content (AvgIpc) is 2.48.